The summed E-state index contributed by atoms with van der Waals surface area (Å²) in [5.41, 5.74) is 1.69. The first-order valence-electron chi connectivity index (χ1n) is 10.5. The van der Waals surface area contributed by atoms with Gasteiger partial charge in [-0.05, 0) is 38.8 Å². The minimum Gasteiger partial charge on any atom is -0.496 e. The molecule has 0 saturated carbocycles. The first-order valence-corrected chi connectivity index (χ1v) is 10.5. The van der Waals surface area contributed by atoms with Crippen LogP contribution >= 0.6 is 0 Å². The Kier molecular flexibility index (Phi) is 5.88. The number of hydrogen-bond donors (Lipinski definition) is 0. The normalized spacial score (nSPS) is 16.8. The van der Waals surface area contributed by atoms with Crippen molar-refractivity contribution in [3.8, 4) is 5.75 Å². The van der Waals surface area contributed by atoms with Gasteiger partial charge in [0.25, 0.3) is 5.91 Å². The molecule has 3 heterocycles. The molecule has 0 N–H and O–H groups in total. The molecular formula is C23H28N4O3. The molecule has 7 heteroatoms. The molecule has 0 spiro atoms. The quantitative estimate of drug-likeness (QED) is 0.615. The monoisotopic (exact) mass is 408 g/mol. The summed E-state index contributed by atoms with van der Waals surface area (Å²) in [6, 6.07) is 9.85. The molecule has 0 bridgehead atoms. The summed E-state index contributed by atoms with van der Waals surface area (Å²) in [5.74, 6) is 2.47. The number of para-hydroxylation sites is 1. The molecular weight excluding hydrogens is 380 g/mol. The molecule has 1 aliphatic rings. The number of rotatable bonds is 6. The molecule has 30 heavy (non-hydrogen) atoms. The van der Waals surface area contributed by atoms with E-state index in [4.69, 9.17) is 9.15 Å². The predicted octanol–water partition coefficient (Wildman–Crippen LogP) is 4.07. The first kappa shape index (κ1) is 20.2. The Morgan fingerprint density at radius 3 is 2.93 bits per heavy atom. The number of carbonyl (C=O) groups excluding carboxylic acids is 1. The van der Waals surface area contributed by atoms with Crippen LogP contribution in [-0.2, 0) is 6.42 Å². The number of benzene rings is 1. The van der Waals surface area contributed by atoms with Gasteiger partial charge in [-0.25, -0.2) is 4.98 Å². The molecule has 1 fully saturated rings. The van der Waals surface area contributed by atoms with E-state index in [0.29, 0.717) is 24.6 Å². The van der Waals surface area contributed by atoms with Crippen molar-refractivity contribution in [3.05, 3.63) is 65.6 Å². The Balaban J connectivity index is 1.46. The number of oxazole rings is 1. The minimum atomic E-state index is 0.0201. The second-order valence-electron chi connectivity index (χ2n) is 8.00. The highest BCUT2D eigenvalue weighted by Crippen LogP contribution is 2.29. The van der Waals surface area contributed by atoms with Crippen LogP contribution in [0.5, 0.6) is 5.75 Å². The van der Waals surface area contributed by atoms with Crippen molar-refractivity contribution in [2.24, 2.45) is 0 Å². The molecule has 0 unspecified atom stereocenters. The topological polar surface area (TPSA) is 73.4 Å². The van der Waals surface area contributed by atoms with Gasteiger partial charge in [0.1, 0.15) is 17.2 Å². The second kappa shape index (κ2) is 8.73. The third-order valence-electron chi connectivity index (χ3n) is 5.57. The van der Waals surface area contributed by atoms with E-state index >= 15 is 0 Å². The van der Waals surface area contributed by atoms with Gasteiger partial charge in [0, 0.05) is 37.3 Å². The van der Waals surface area contributed by atoms with Gasteiger partial charge < -0.3 is 14.1 Å². The molecule has 158 valence electrons. The molecule has 1 amide bonds. The summed E-state index contributed by atoms with van der Waals surface area (Å²) in [7, 11) is 1.67. The van der Waals surface area contributed by atoms with Crippen LogP contribution in [0, 0.1) is 0 Å². The summed E-state index contributed by atoms with van der Waals surface area (Å²) >= 11 is 0. The first-order chi connectivity index (χ1) is 14.6. The summed E-state index contributed by atoms with van der Waals surface area (Å²) < 4.78 is 13.3. The molecule has 4 rings (SSSR count). The van der Waals surface area contributed by atoms with Crippen LogP contribution in [0.3, 0.4) is 0 Å². The molecule has 1 atom stereocenters. The average molecular weight is 409 g/mol. The number of nitrogens with zero attached hydrogens (tertiary/aromatic N) is 4. The summed E-state index contributed by atoms with van der Waals surface area (Å²) in [5, 5.41) is 4.29. The van der Waals surface area contributed by atoms with E-state index in [9.17, 15) is 4.79 Å². The number of piperidine rings is 1. The fourth-order valence-electron chi connectivity index (χ4n) is 4.05. The van der Waals surface area contributed by atoms with E-state index in [1.165, 1.54) is 0 Å². The smallest absolute Gasteiger partial charge is 0.272 e. The number of aromatic nitrogens is 3. The molecule has 1 aromatic carbocycles. The lowest BCUT2D eigenvalue weighted by molar-refractivity contribution is 0.0683. The van der Waals surface area contributed by atoms with Crippen LogP contribution in [0.25, 0.3) is 0 Å². The van der Waals surface area contributed by atoms with Gasteiger partial charge in [0.2, 0.25) is 0 Å². The van der Waals surface area contributed by atoms with Crippen molar-refractivity contribution in [2.75, 3.05) is 20.2 Å². The predicted molar refractivity (Wildman–Crippen MR) is 113 cm³/mol. The van der Waals surface area contributed by atoms with Crippen LogP contribution in [0.15, 0.2) is 47.1 Å². The zero-order chi connectivity index (χ0) is 21.1. The van der Waals surface area contributed by atoms with Crippen LogP contribution in [-0.4, -0.2) is 45.8 Å². The summed E-state index contributed by atoms with van der Waals surface area (Å²) in [4.78, 5) is 19.5. The lowest BCUT2D eigenvalue weighted by Crippen LogP contribution is -2.40. The number of likely N-dealkylation sites (tertiary alicyclic amines) is 1. The van der Waals surface area contributed by atoms with Crippen molar-refractivity contribution in [2.45, 2.75) is 45.1 Å². The SMILES string of the molecule is COc1ccccc1Cc1cnc([C@@H]2CCCN(C(=O)c3ccnn3C(C)C)C2)o1. The number of carbonyl (C=O) groups is 1. The van der Waals surface area contributed by atoms with E-state index in [-0.39, 0.29) is 17.9 Å². The van der Waals surface area contributed by atoms with Crippen LogP contribution in [0.1, 0.15) is 66.4 Å². The van der Waals surface area contributed by atoms with Gasteiger partial charge in [-0.1, -0.05) is 18.2 Å². The van der Waals surface area contributed by atoms with Crippen LogP contribution in [0.2, 0.25) is 0 Å². The van der Waals surface area contributed by atoms with E-state index < -0.39 is 0 Å². The highest BCUT2D eigenvalue weighted by Gasteiger charge is 2.30. The van der Waals surface area contributed by atoms with Gasteiger partial charge in [-0.3, -0.25) is 9.48 Å². The van der Waals surface area contributed by atoms with Gasteiger partial charge in [-0.2, -0.15) is 5.10 Å². The maximum Gasteiger partial charge on any atom is 0.272 e. The number of hydrogen-bond acceptors (Lipinski definition) is 5. The van der Waals surface area contributed by atoms with Gasteiger partial charge >= 0.3 is 0 Å². The molecule has 1 saturated heterocycles. The maximum atomic E-state index is 13.1. The molecule has 7 nitrogen and oxygen atoms in total. The van der Waals surface area contributed by atoms with Gasteiger partial charge in [-0.15, -0.1) is 0 Å². The Morgan fingerprint density at radius 2 is 2.13 bits per heavy atom. The molecule has 0 radical (unpaired) electrons. The van der Waals surface area contributed by atoms with E-state index in [1.807, 2.05) is 43.0 Å². The Hall–Kier alpha value is -3.09. The highest BCUT2D eigenvalue weighted by molar-refractivity contribution is 5.92. The van der Waals surface area contributed by atoms with Gasteiger partial charge in [0.15, 0.2) is 5.89 Å². The van der Waals surface area contributed by atoms with Crippen molar-refractivity contribution in [1.82, 2.24) is 19.7 Å². The molecule has 2 aromatic heterocycles. The largest absolute Gasteiger partial charge is 0.496 e. The van der Waals surface area contributed by atoms with Crippen molar-refractivity contribution >= 4 is 5.91 Å². The fraction of sp³-hybridized carbons (Fsp3) is 0.435. The van der Waals surface area contributed by atoms with E-state index in [1.54, 1.807) is 30.3 Å². The van der Waals surface area contributed by atoms with Crippen LogP contribution < -0.4 is 4.74 Å². The summed E-state index contributed by atoms with van der Waals surface area (Å²) in [6.07, 6.45) is 5.99. The Bertz CT molecular complexity index is 1010. The van der Waals surface area contributed by atoms with Gasteiger partial charge in [0.05, 0.1) is 19.2 Å². The highest BCUT2D eigenvalue weighted by atomic mass is 16.5. The maximum absolute atomic E-state index is 13.1. The third kappa shape index (κ3) is 4.10. The molecule has 1 aliphatic heterocycles. The number of methoxy groups -OCH3 is 1. The lowest BCUT2D eigenvalue weighted by Gasteiger charge is -2.31. The van der Waals surface area contributed by atoms with Crippen molar-refractivity contribution < 1.29 is 13.9 Å². The second-order valence-corrected chi connectivity index (χ2v) is 8.00. The molecule has 0 aliphatic carbocycles. The lowest BCUT2D eigenvalue weighted by atomic mass is 9.97. The van der Waals surface area contributed by atoms with E-state index in [0.717, 1.165) is 36.5 Å². The molecule has 3 aromatic rings. The van der Waals surface area contributed by atoms with Crippen molar-refractivity contribution in [3.63, 3.8) is 0 Å². The zero-order valence-corrected chi connectivity index (χ0v) is 17.7. The zero-order valence-electron chi connectivity index (χ0n) is 17.7. The number of ether oxygens (including phenoxy) is 1. The average Bonchev–Trinajstić information content (AvgIpc) is 3.44. The van der Waals surface area contributed by atoms with E-state index in [2.05, 4.69) is 10.1 Å². The number of amides is 1. The third-order valence-corrected chi connectivity index (χ3v) is 5.57. The Labute approximate surface area is 176 Å². The summed E-state index contributed by atoms with van der Waals surface area (Å²) in [6.45, 7) is 5.40. The van der Waals surface area contributed by atoms with Crippen molar-refractivity contribution in [1.29, 1.82) is 0 Å². The van der Waals surface area contributed by atoms with Crippen LogP contribution in [0.4, 0.5) is 0 Å². The fourth-order valence-corrected chi connectivity index (χ4v) is 4.05. The minimum absolute atomic E-state index is 0.0201. The standard InChI is InChI=1S/C23H28N4O3/c1-16(2)27-20(10-11-25-27)23(28)26-12-6-8-18(15-26)22-24-14-19(30-22)13-17-7-4-5-9-21(17)29-3/h4-5,7,9-11,14,16,18H,6,8,12-13,15H2,1-3H3/t18-/m1/s1. The Morgan fingerprint density at radius 1 is 1.30 bits per heavy atom.